The van der Waals surface area contributed by atoms with Crippen molar-refractivity contribution in [3.05, 3.63) is 29.6 Å². The van der Waals surface area contributed by atoms with Crippen molar-refractivity contribution >= 4 is 17.7 Å². The zero-order valence-electron chi connectivity index (χ0n) is 12.9. The number of anilines is 1. The van der Waals surface area contributed by atoms with E-state index >= 15 is 0 Å². The molecule has 1 aliphatic rings. The Morgan fingerprint density at radius 2 is 2.00 bits per heavy atom. The summed E-state index contributed by atoms with van der Waals surface area (Å²) in [5.74, 6) is -1.47. The van der Waals surface area contributed by atoms with Crippen LogP contribution >= 0.6 is 0 Å². The molecule has 1 aliphatic carbocycles. The SMILES string of the molecule is CC(C)(C)OC(=O)Nc1cc(C2(CC(=O)O)CC2)ccc1F. The zero-order chi connectivity index (χ0) is 16.5. The molecular formula is C16H20FNO4. The molecule has 2 N–H and O–H groups in total. The van der Waals surface area contributed by atoms with Gasteiger partial charge in [0.2, 0.25) is 0 Å². The van der Waals surface area contributed by atoms with Crippen LogP contribution in [0.2, 0.25) is 0 Å². The van der Waals surface area contributed by atoms with Gasteiger partial charge >= 0.3 is 12.1 Å². The number of amides is 1. The number of aliphatic carboxylic acids is 1. The van der Waals surface area contributed by atoms with Gasteiger partial charge in [0, 0.05) is 5.41 Å². The summed E-state index contributed by atoms with van der Waals surface area (Å²) < 4.78 is 18.9. The maximum absolute atomic E-state index is 13.8. The first-order valence-corrected chi connectivity index (χ1v) is 7.13. The number of halogens is 1. The fourth-order valence-corrected chi connectivity index (χ4v) is 2.37. The molecule has 0 radical (unpaired) electrons. The number of benzene rings is 1. The van der Waals surface area contributed by atoms with Crippen molar-refractivity contribution in [1.82, 2.24) is 0 Å². The van der Waals surface area contributed by atoms with Gasteiger partial charge in [-0.2, -0.15) is 0 Å². The summed E-state index contributed by atoms with van der Waals surface area (Å²) in [7, 11) is 0. The second-order valence-electron chi connectivity index (χ2n) is 6.67. The van der Waals surface area contributed by atoms with Crippen molar-refractivity contribution in [1.29, 1.82) is 0 Å². The van der Waals surface area contributed by atoms with Gasteiger partial charge in [0.15, 0.2) is 0 Å². The Bertz CT molecular complexity index is 603. The molecule has 0 atom stereocenters. The molecule has 120 valence electrons. The molecule has 0 spiro atoms. The monoisotopic (exact) mass is 309 g/mol. The number of carboxylic acid groups (broad SMARTS) is 1. The van der Waals surface area contributed by atoms with E-state index in [0.717, 1.165) is 18.4 Å². The van der Waals surface area contributed by atoms with Gasteiger partial charge in [0.1, 0.15) is 11.4 Å². The first-order chi connectivity index (χ1) is 10.1. The van der Waals surface area contributed by atoms with E-state index < -0.39 is 28.9 Å². The summed E-state index contributed by atoms with van der Waals surface area (Å²) >= 11 is 0. The Morgan fingerprint density at radius 3 is 2.50 bits per heavy atom. The molecule has 22 heavy (non-hydrogen) atoms. The lowest BCUT2D eigenvalue weighted by Crippen LogP contribution is -2.27. The smallest absolute Gasteiger partial charge is 0.412 e. The number of hydrogen-bond acceptors (Lipinski definition) is 3. The lowest BCUT2D eigenvalue weighted by atomic mass is 9.92. The fraction of sp³-hybridized carbons (Fsp3) is 0.500. The minimum atomic E-state index is -0.886. The van der Waals surface area contributed by atoms with Crippen molar-refractivity contribution in [2.75, 3.05) is 5.32 Å². The summed E-state index contributed by atoms with van der Waals surface area (Å²) in [6.07, 6.45) is 0.754. The van der Waals surface area contributed by atoms with E-state index in [1.54, 1.807) is 26.8 Å². The van der Waals surface area contributed by atoms with Crippen molar-refractivity contribution in [2.45, 2.75) is 51.0 Å². The number of carboxylic acids is 1. The molecule has 1 aromatic rings. The second-order valence-corrected chi connectivity index (χ2v) is 6.67. The van der Waals surface area contributed by atoms with Gasteiger partial charge in [-0.3, -0.25) is 10.1 Å². The van der Waals surface area contributed by atoms with Crippen LogP contribution in [0.25, 0.3) is 0 Å². The predicted octanol–water partition coefficient (Wildman–Crippen LogP) is 3.68. The summed E-state index contributed by atoms with van der Waals surface area (Å²) in [6.45, 7) is 5.14. The van der Waals surface area contributed by atoms with Crippen LogP contribution in [0.1, 0.15) is 45.6 Å². The Hall–Kier alpha value is -2.11. The van der Waals surface area contributed by atoms with Gasteiger partial charge in [0.05, 0.1) is 12.1 Å². The summed E-state index contributed by atoms with van der Waals surface area (Å²) in [4.78, 5) is 22.7. The molecule has 1 amide bonds. The van der Waals surface area contributed by atoms with Crippen LogP contribution in [0, 0.1) is 5.82 Å². The molecule has 0 aromatic heterocycles. The van der Waals surface area contributed by atoms with Crippen LogP contribution in [0.5, 0.6) is 0 Å². The Balaban J connectivity index is 2.18. The molecule has 0 aliphatic heterocycles. The van der Waals surface area contributed by atoms with Gasteiger partial charge in [-0.1, -0.05) is 6.07 Å². The highest BCUT2D eigenvalue weighted by atomic mass is 19.1. The molecule has 0 saturated heterocycles. The molecule has 1 fully saturated rings. The van der Waals surface area contributed by atoms with Gasteiger partial charge in [-0.25, -0.2) is 9.18 Å². The maximum Gasteiger partial charge on any atom is 0.412 e. The molecule has 2 rings (SSSR count). The van der Waals surface area contributed by atoms with Crippen molar-refractivity contribution < 1.29 is 23.8 Å². The van der Waals surface area contributed by atoms with Crippen LogP contribution in [0.15, 0.2) is 18.2 Å². The van der Waals surface area contributed by atoms with E-state index in [0.29, 0.717) is 0 Å². The average Bonchev–Trinajstić information content (AvgIpc) is 3.09. The normalized spacial score (nSPS) is 16.0. The fourth-order valence-electron chi connectivity index (χ4n) is 2.37. The van der Waals surface area contributed by atoms with E-state index in [1.165, 1.54) is 12.1 Å². The maximum atomic E-state index is 13.8. The Morgan fingerprint density at radius 1 is 1.36 bits per heavy atom. The molecule has 1 aromatic carbocycles. The highest BCUT2D eigenvalue weighted by Gasteiger charge is 2.46. The largest absolute Gasteiger partial charge is 0.481 e. The number of carbonyl (C=O) groups is 2. The van der Waals surface area contributed by atoms with E-state index in [9.17, 15) is 14.0 Å². The van der Waals surface area contributed by atoms with E-state index in [-0.39, 0.29) is 12.1 Å². The van der Waals surface area contributed by atoms with Gasteiger partial charge in [-0.05, 0) is 51.3 Å². The first-order valence-electron chi connectivity index (χ1n) is 7.13. The molecule has 0 bridgehead atoms. The lowest BCUT2D eigenvalue weighted by molar-refractivity contribution is -0.137. The number of hydrogen-bond donors (Lipinski definition) is 2. The molecule has 5 nitrogen and oxygen atoms in total. The van der Waals surface area contributed by atoms with Crippen LogP contribution in [0.3, 0.4) is 0 Å². The van der Waals surface area contributed by atoms with Crippen molar-refractivity contribution in [2.24, 2.45) is 0 Å². The van der Waals surface area contributed by atoms with E-state index in [2.05, 4.69) is 5.32 Å². The molecular weight excluding hydrogens is 289 g/mol. The van der Waals surface area contributed by atoms with Crippen LogP contribution in [-0.2, 0) is 14.9 Å². The summed E-state index contributed by atoms with van der Waals surface area (Å²) in [6, 6.07) is 4.31. The quantitative estimate of drug-likeness (QED) is 0.889. The topological polar surface area (TPSA) is 75.6 Å². The third-order valence-electron chi connectivity index (χ3n) is 3.56. The van der Waals surface area contributed by atoms with Crippen LogP contribution in [0.4, 0.5) is 14.9 Å². The van der Waals surface area contributed by atoms with Crippen LogP contribution < -0.4 is 5.32 Å². The Labute approximate surface area is 128 Å². The lowest BCUT2D eigenvalue weighted by Gasteiger charge is -2.20. The minimum Gasteiger partial charge on any atom is -0.481 e. The number of ether oxygens (including phenoxy) is 1. The molecule has 0 heterocycles. The Kier molecular flexibility index (Phi) is 4.13. The highest BCUT2D eigenvalue weighted by molar-refractivity contribution is 5.85. The van der Waals surface area contributed by atoms with Crippen molar-refractivity contribution in [3.8, 4) is 0 Å². The minimum absolute atomic E-state index is 0.00316. The van der Waals surface area contributed by atoms with Crippen molar-refractivity contribution in [3.63, 3.8) is 0 Å². The van der Waals surface area contributed by atoms with E-state index in [1.807, 2.05) is 0 Å². The number of nitrogens with one attached hydrogen (secondary N) is 1. The number of rotatable bonds is 4. The average molecular weight is 309 g/mol. The third kappa shape index (κ3) is 3.96. The predicted molar refractivity (Wildman–Crippen MR) is 79.4 cm³/mol. The van der Waals surface area contributed by atoms with Crippen LogP contribution in [-0.4, -0.2) is 22.8 Å². The van der Waals surface area contributed by atoms with Gasteiger partial charge in [0.25, 0.3) is 0 Å². The molecule has 6 heteroatoms. The molecule has 1 saturated carbocycles. The highest BCUT2D eigenvalue weighted by Crippen LogP contribution is 2.51. The first kappa shape index (κ1) is 16.3. The third-order valence-corrected chi connectivity index (χ3v) is 3.56. The summed E-state index contributed by atoms with van der Waals surface area (Å²) in [5.41, 5.74) is -0.394. The van der Waals surface area contributed by atoms with E-state index in [4.69, 9.17) is 9.84 Å². The van der Waals surface area contributed by atoms with Gasteiger partial charge in [-0.15, -0.1) is 0 Å². The standard InChI is InChI=1S/C16H20FNO4/c1-15(2,3)22-14(21)18-12-8-10(4-5-11(12)17)16(6-7-16)9-13(19)20/h4-5,8H,6-7,9H2,1-3H3,(H,18,21)(H,19,20). The number of carbonyl (C=O) groups excluding carboxylic acids is 1. The molecule has 0 unspecified atom stereocenters. The summed E-state index contributed by atoms with van der Waals surface area (Å²) in [5, 5.41) is 11.4. The van der Waals surface area contributed by atoms with Gasteiger partial charge < -0.3 is 9.84 Å². The second kappa shape index (κ2) is 5.59. The zero-order valence-corrected chi connectivity index (χ0v) is 12.9.